The van der Waals surface area contributed by atoms with Crippen LogP contribution in [0.5, 0.6) is 0 Å². The smallest absolute Gasteiger partial charge is 0.248 e. The number of amides is 1. The molecule has 6 nitrogen and oxygen atoms in total. The zero-order valence-corrected chi connectivity index (χ0v) is 11.1. The Morgan fingerprint density at radius 3 is 1.95 bits per heavy atom. The lowest BCUT2D eigenvalue weighted by molar-refractivity contribution is 0.100. The van der Waals surface area contributed by atoms with E-state index in [4.69, 9.17) is 5.73 Å². The molecule has 3 rings (SSSR count). The van der Waals surface area contributed by atoms with Gasteiger partial charge < -0.3 is 5.73 Å². The van der Waals surface area contributed by atoms with Crippen LogP contribution in [0.25, 0.3) is 11.3 Å². The van der Waals surface area contributed by atoms with Crippen LogP contribution in [0.4, 0.5) is 0 Å². The van der Waals surface area contributed by atoms with Gasteiger partial charge in [0.15, 0.2) is 0 Å². The van der Waals surface area contributed by atoms with Crippen molar-refractivity contribution in [3.05, 3.63) is 72.4 Å². The molecule has 1 amide bonds. The van der Waals surface area contributed by atoms with Crippen LogP contribution in [0, 0.1) is 0 Å². The van der Waals surface area contributed by atoms with Crippen LogP contribution in [0.15, 0.2) is 66.9 Å². The lowest BCUT2D eigenvalue weighted by Gasteiger charge is -1.94. The first-order valence-corrected chi connectivity index (χ1v) is 6.18. The van der Waals surface area contributed by atoms with Gasteiger partial charge in [-0.05, 0) is 22.6 Å². The fourth-order valence-corrected chi connectivity index (χ4v) is 1.54. The molecule has 0 fully saturated rings. The minimum Gasteiger partial charge on any atom is -0.366 e. The molecule has 104 valence electrons. The SMILES string of the molecule is NC(=O)c1ccccc1.c1ccc(-c2cnnnn2)cc1. The van der Waals surface area contributed by atoms with Crippen molar-refractivity contribution in [2.24, 2.45) is 5.73 Å². The van der Waals surface area contributed by atoms with Crippen LogP contribution in [0.3, 0.4) is 0 Å². The number of benzene rings is 2. The molecule has 1 aromatic heterocycles. The van der Waals surface area contributed by atoms with Crippen molar-refractivity contribution in [2.75, 3.05) is 0 Å². The summed E-state index contributed by atoms with van der Waals surface area (Å²) >= 11 is 0. The summed E-state index contributed by atoms with van der Waals surface area (Å²) in [5.74, 6) is -0.379. The second-order valence-electron chi connectivity index (χ2n) is 4.00. The molecule has 0 radical (unpaired) electrons. The van der Waals surface area contributed by atoms with Gasteiger partial charge in [-0.1, -0.05) is 48.5 Å². The molecule has 2 N–H and O–H groups in total. The van der Waals surface area contributed by atoms with E-state index in [1.165, 1.54) is 0 Å². The van der Waals surface area contributed by atoms with E-state index in [9.17, 15) is 4.79 Å². The number of aromatic nitrogens is 4. The van der Waals surface area contributed by atoms with Gasteiger partial charge in [-0.15, -0.1) is 10.2 Å². The van der Waals surface area contributed by atoms with Crippen LogP contribution >= 0.6 is 0 Å². The van der Waals surface area contributed by atoms with Gasteiger partial charge >= 0.3 is 0 Å². The topological polar surface area (TPSA) is 94.7 Å². The van der Waals surface area contributed by atoms with E-state index in [0.717, 1.165) is 11.3 Å². The standard InChI is InChI=1S/C8H6N4.C7H7NO/c1-2-4-7(5-3-1)8-6-9-11-12-10-8;8-7(9)6-4-2-1-3-5-6/h1-6H;1-5H,(H2,8,9). The van der Waals surface area contributed by atoms with Gasteiger partial charge in [-0.3, -0.25) is 4.79 Å². The van der Waals surface area contributed by atoms with Gasteiger partial charge in [0.2, 0.25) is 5.91 Å². The molecule has 6 heteroatoms. The second-order valence-corrected chi connectivity index (χ2v) is 4.00. The van der Waals surface area contributed by atoms with E-state index in [2.05, 4.69) is 20.6 Å². The maximum absolute atomic E-state index is 10.4. The van der Waals surface area contributed by atoms with Crippen molar-refractivity contribution in [3.63, 3.8) is 0 Å². The number of nitrogens with zero attached hydrogens (tertiary/aromatic N) is 4. The normalized spacial score (nSPS) is 9.33. The summed E-state index contributed by atoms with van der Waals surface area (Å²) in [5.41, 5.74) is 7.27. The maximum Gasteiger partial charge on any atom is 0.248 e. The average Bonchev–Trinajstić information content (AvgIpc) is 2.58. The van der Waals surface area contributed by atoms with Crippen LogP contribution < -0.4 is 5.73 Å². The lowest BCUT2D eigenvalue weighted by atomic mass is 10.2. The van der Waals surface area contributed by atoms with Crippen molar-refractivity contribution >= 4 is 5.91 Å². The highest BCUT2D eigenvalue weighted by Crippen LogP contribution is 2.12. The van der Waals surface area contributed by atoms with Crippen molar-refractivity contribution in [2.45, 2.75) is 0 Å². The molecule has 0 aliphatic rings. The van der Waals surface area contributed by atoms with E-state index < -0.39 is 0 Å². The Kier molecular flexibility index (Phi) is 5.05. The minimum atomic E-state index is -0.379. The summed E-state index contributed by atoms with van der Waals surface area (Å²) in [6.45, 7) is 0. The molecule has 0 aliphatic heterocycles. The summed E-state index contributed by atoms with van der Waals surface area (Å²) in [6, 6.07) is 18.5. The number of hydrogen-bond acceptors (Lipinski definition) is 5. The van der Waals surface area contributed by atoms with Crippen molar-refractivity contribution in [1.82, 2.24) is 20.6 Å². The molecule has 2 aromatic carbocycles. The molecule has 21 heavy (non-hydrogen) atoms. The summed E-state index contributed by atoms with van der Waals surface area (Å²) in [6.07, 6.45) is 1.59. The summed E-state index contributed by atoms with van der Waals surface area (Å²) in [4.78, 5) is 10.4. The third-order valence-electron chi connectivity index (χ3n) is 2.55. The van der Waals surface area contributed by atoms with Gasteiger partial charge in [0, 0.05) is 11.1 Å². The molecule has 0 saturated heterocycles. The Bertz CT molecular complexity index is 637. The fraction of sp³-hybridized carbons (Fsp3) is 0. The van der Waals surface area contributed by atoms with Crippen LogP contribution in [-0.4, -0.2) is 26.5 Å². The average molecular weight is 279 g/mol. The van der Waals surface area contributed by atoms with Crippen LogP contribution in [0.1, 0.15) is 10.4 Å². The minimum absolute atomic E-state index is 0.379. The van der Waals surface area contributed by atoms with Gasteiger partial charge in [-0.2, -0.15) is 0 Å². The Balaban J connectivity index is 0.000000161. The van der Waals surface area contributed by atoms with E-state index in [-0.39, 0.29) is 5.91 Å². The molecule has 1 heterocycles. The molecule has 0 aliphatic carbocycles. The lowest BCUT2D eigenvalue weighted by Crippen LogP contribution is -2.09. The molecule has 0 saturated carbocycles. The zero-order chi connectivity index (χ0) is 14.9. The van der Waals surface area contributed by atoms with Crippen molar-refractivity contribution in [1.29, 1.82) is 0 Å². The molecular weight excluding hydrogens is 266 g/mol. The molecule has 0 atom stereocenters. The molecule has 0 spiro atoms. The van der Waals surface area contributed by atoms with E-state index in [1.807, 2.05) is 36.4 Å². The van der Waals surface area contributed by atoms with Gasteiger partial charge in [-0.25, -0.2) is 0 Å². The van der Waals surface area contributed by atoms with Crippen LogP contribution in [-0.2, 0) is 0 Å². The highest BCUT2D eigenvalue weighted by molar-refractivity contribution is 5.92. The van der Waals surface area contributed by atoms with E-state index in [0.29, 0.717) is 5.56 Å². The quantitative estimate of drug-likeness (QED) is 0.770. The summed E-state index contributed by atoms with van der Waals surface area (Å²) in [5, 5.41) is 14.3. The maximum atomic E-state index is 10.4. The zero-order valence-electron chi connectivity index (χ0n) is 11.1. The Morgan fingerprint density at radius 1 is 0.857 bits per heavy atom. The predicted octanol–water partition coefficient (Wildman–Crippen LogP) is 1.72. The van der Waals surface area contributed by atoms with Crippen molar-refractivity contribution < 1.29 is 4.79 Å². The third kappa shape index (κ3) is 4.46. The van der Waals surface area contributed by atoms with Crippen molar-refractivity contribution in [3.8, 4) is 11.3 Å². The predicted molar refractivity (Wildman–Crippen MR) is 78.0 cm³/mol. The first-order chi connectivity index (χ1) is 10.3. The molecule has 0 unspecified atom stereocenters. The third-order valence-corrected chi connectivity index (χ3v) is 2.55. The van der Waals surface area contributed by atoms with Gasteiger partial charge in [0.1, 0.15) is 5.69 Å². The monoisotopic (exact) mass is 279 g/mol. The molecule has 3 aromatic rings. The second kappa shape index (κ2) is 7.44. The Hall–Kier alpha value is -3.15. The number of nitrogens with two attached hydrogens (primary N) is 1. The largest absolute Gasteiger partial charge is 0.366 e. The van der Waals surface area contributed by atoms with E-state index in [1.54, 1.807) is 30.5 Å². The van der Waals surface area contributed by atoms with Gasteiger partial charge in [0.25, 0.3) is 0 Å². The summed E-state index contributed by atoms with van der Waals surface area (Å²) < 4.78 is 0. The highest BCUT2D eigenvalue weighted by Gasteiger charge is 1.96. The number of hydrogen-bond donors (Lipinski definition) is 1. The number of rotatable bonds is 2. The Morgan fingerprint density at radius 2 is 1.48 bits per heavy atom. The molecular formula is C15H13N5O. The number of primary amides is 1. The number of carbonyl (C=O) groups excluding carboxylic acids is 1. The number of carbonyl (C=O) groups is 1. The molecule has 0 bridgehead atoms. The first kappa shape index (κ1) is 14.3. The highest BCUT2D eigenvalue weighted by atomic mass is 16.1. The first-order valence-electron chi connectivity index (χ1n) is 6.18. The van der Waals surface area contributed by atoms with Crippen LogP contribution in [0.2, 0.25) is 0 Å². The fourth-order valence-electron chi connectivity index (χ4n) is 1.54. The van der Waals surface area contributed by atoms with E-state index >= 15 is 0 Å². The Labute approximate surface area is 121 Å². The van der Waals surface area contributed by atoms with Gasteiger partial charge in [0.05, 0.1) is 6.20 Å². The summed E-state index contributed by atoms with van der Waals surface area (Å²) in [7, 11) is 0.